The number of hydrogen-bond donors (Lipinski definition) is 0. The molecular formula is C97H90B2F6N4O4. The monoisotopic (exact) mass is 1510 g/mol. The van der Waals surface area contributed by atoms with Gasteiger partial charge in [0.15, 0.2) is 0 Å². The lowest BCUT2D eigenvalue weighted by Crippen LogP contribution is -2.36. The van der Waals surface area contributed by atoms with E-state index in [1.165, 1.54) is 28.3 Å². The smallest absolute Gasteiger partial charge is 0.503 e. The van der Waals surface area contributed by atoms with E-state index in [4.69, 9.17) is 28.6 Å². The summed E-state index contributed by atoms with van der Waals surface area (Å²) in [6.07, 6.45) is -9.08. The summed E-state index contributed by atoms with van der Waals surface area (Å²) in [5, 5.41) is 0. The van der Waals surface area contributed by atoms with Crippen molar-refractivity contribution in [3.8, 4) is 67.8 Å². The maximum atomic E-state index is 14.1. The molecule has 0 unspecified atom stereocenters. The van der Waals surface area contributed by atoms with Crippen LogP contribution in [0.25, 0.3) is 67.3 Å². The Hall–Kier alpha value is -11.5. The molecule has 6 heterocycles. The maximum Gasteiger partial charge on any atom is 0.743 e. The van der Waals surface area contributed by atoms with Crippen LogP contribution in [0.5, 0.6) is 23.0 Å². The first-order valence-corrected chi connectivity index (χ1v) is 38.3. The van der Waals surface area contributed by atoms with Crippen molar-refractivity contribution in [3.05, 3.63) is 331 Å². The Kier molecular flexibility index (Phi) is 19.4. The Labute approximate surface area is 659 Å². The second kappa shape index (κ2) is 28.6. The molecule has 113 heavy (non-hydrogen) atoms. The number of aromatic nitrogens is 2. The summed E-state index contributed by atoms with van der Waals surface area (Å²) in [5.74, 6) is 0.608. The zero-order chi connectivity index (χ0) is 80.3. The molecule has 0 saturated carbocycles. The van der Waals surface area contributed by atoms with Crippen LogP contribution in [-0.2, 0) is 34.0 Å². The molecule has 0 saturated heterocycles. The van der Waals surface area contributed by atoms with Gasteiger partial charge in [-0.15, -0.1) is 0 Å². The zero-order valence-electron chi connectivity index (χ0n) is 66.9. The lowest BCUT2D eigenvalue weighted by atomic mass is 9.86. The lowest BCUT2D eigenvalue weighted by Gasteiger charge is -2.20. The molecule has 0 bridgehead atoms. The number of rotatable bonds is 10. The summed E-state index contributed by atoms with van der Waals surface area (Å²) < 4.78 is 114. The molecule has 12 aromatic rings. The molecule has 0 aliphatic carbocycles. The molecule has 10 aromatic carbocycles. The maximum absolute atomic E-state index is 14.1. The largest absolute Gasteiger partial charge is 0.743 e. The van der Waals surface area contributed by atoms with Gasteiger partial charge in [-0.05, 0) is 160 Å². The van der Waals surface area contributed by atoms with Crippen molar-refractivity contribution >= 4 is 48.5 Å². The molecule has 8 nitrogen and oxygen atoms in total. The third-order valence-corrected chi connectivity index (χ3v) is 21.8. The molecule has 0 radical (unpaired) electrons. The number of halogens is 6. The van der Waals surface area contributed by atoms with Gasteiger partial charge in [0.1, 0.15) is 23.0 Å². The number of allylic oxidation sites excluding steroid dienone is 2. The van der Waals surface area contributed by atoms with E-state index in [0.717, 1.165) is 159 Å². The quantitative estimate of drug-likeness (QED) is 0.101. The van der Waals surface area contributed by atoms with Crippen molar-refractivity contribution in [3.63, 3.8) is 0 Å². The summed E-state index contributed by atoms with van der Waals surface area (Å²) in [4.78, 5) is 10.7. The molecule has 0 spiro atoms. The first-order chi connectivity index (χ1) is 53.3. The number of aryl methyl sites for hydroxylation is 3. The highest BCUT2D eigenvalue weighted by atomic mass is 19.4. The van der Waals surface area contributed by atoms with Gasteiger partial charge in [0, 0.05) is 67.3 Å². The Bertz CT molecular complexity index is 5840. The third-order valence-electron chi connectivity index (χ3n) is 21.8. The Morgan fingerprint density at radius 1 is 0.310 bits per heavy atom. The number of aliphatic imine (C=N–C) groups is 2. The van der Waals surface area contributed by atoms with Gasteiger partial charge in [-0.25, -0.2) is 9.98 Å². The predicted octanol–water partition coefficient (Wildman–Crippen LogP) is 25.9. The molecule has 0 amide bonds. The normalized spacial score (nSPS) is 14.9. The van der Waals surface area contributed by atoms with Crippen LogP contribution < -0.4 is 18.6 Å². The van der Waals surface area contributed by atoms with Crippen LogP contribution >= 0.6 is 0 Å². The topological polar surface area (TPSA) is 71.5 Å². The van der Waals surface area contributed by atoms with E-state index >= 15 is 0 Å². The van der Waals surface area contributed by atoms with Crippen molar-refractivity contribution in [1.29, 1.82) is 0 Å². The van der Waals surface area contributed by atoms with Gasteiger partial charge in [-0.1, -0.05) is 288 Å². The van der Waals surface area contributed by atoms with E-state index in [0.29, 0.717) is 5.56 Å². The van der Waals surface area contributed by atoms with Gasteiger partial charge in [0.2, 0.25) is 0 Å². The molecule has 16 rings (SSSR count). The van der Waals surface area contributed by atoms with Gasteiger partial charge in [0.25, 0.3) is 0 Å². The first-order valence-electron chi connectivity index (χ1n) is 38.3. The highest BCUT2D eigenvalue weighted by Crippen LogP contribution is 2.50. The minimum atomic E-state index is -4.55. The first kappa shape index (κ1) is 76.8. The number of hydrogen-bond acceptors (Lipinski definition) is 6. The Balaban J connectivity index is 0.000000178. The van der Waals surface area contributed by atoms with Crippen molar-refractivity contribution in [2.45, 2.75) is 152 Å². The van der Waals surface area contributed by atoms with Gasteiger partial charge >= 0.3 is 26.9 Å². The van der Waals surface area contributed by atoms with Gasteiger partial charge < -0.3 is 27.6 Å². The van der Waals surface area contributed by atoms with E-state index in [1.807, 2.05) is 33.2 Å². The summed E-state index contributed by atoms with van der Waals surface area (Å²) in [6.45, 7) is 36.1. The number of nitrogens with zero attached hydrogens (tertiary/aromatic N) is 4. The van der Waals surface area contributed by atoms with Crippen molar-refractivity contribution in [2.24, 2.45) is 9.98 Å². The SMILES string of the molecule is C/C(=C1/N=C(c2ccc(C)cc2)c2ccccc21)c1c(-c2ccc(C(C)(C)C)cc2)cc(-c2ccc(C(C)(C)C)cc2)n1B1Oc2cc(C(F)(F)F)cc(C)c2O1.C/C(=C1/N=C(c2ccc(C)cc2)c2ccccc21)c1c(-c2ccc(C(C)(C)C)cc2)cc(-c2ccc(C(C)(C)C)cc2)n1B1Oc2ccc(C(F)(F)F)cc2O1. The van der Waals surface area contributed by atoms with E-state index in [9.17, 15) is 26.3 Å². The second-order valence-electron chi connectivity index (χ2n) is 34.2. The highest BCUT2D eigenvalue weighted by Gasteiger charge is 2.46. The van der Waals surface area contributed by atoms with Gasteiger partial charge in [-0.2, -0.15) is 26.3 Å². The highest BCUT2D eigenvalue weighted by molar-refractivity contribution is 6.48. The number of fused-ring (bicyclic) bond motifs is 4. The molecule has 0 atom stereocenters. The fourth-order valence-electron chi connectivity index (χ4n) is 15.3. The van der Waals surface area contributed by atoms with Crippen LogP contribution in [0, 0.1) is 20.8 Å². The second-order valence-corrected chi connectivity index (χ2v) is 34.2. The summed E-state index contributed by atoms with van der Waals surface area (Å²) in [7, 11) is -2.24. The van der Waals surface area contributed by atoms with Crippen molar-refractivity contribution in [1.82, 2.24) is 8.96 Å². The van der Waals surface area contributed by atoms with Crippen molar-refractivity contribution < 1.29 is 45.0 Å². The van der Waals surface area contributed by atoms with E-state index < -0.39 is 38.0 Å². The summed E-state index contributed by atoms with van der Waals surface area (Å²) in [6, 6.07) is 77.1. The van der Waals surface area contributed by atoms with E-state index in [-0.39, 0.29) is 44.7 Å². The molecule has 4 aliphatic rings. The van der Waals surface area contributed by atoms with Crippen LogP contribution in [0.15, 0.2) is 247 Å². The minimum absolute atomic E-state index is 0.0331. The summed E-state index contributed by atoms with van der Waals surface area (Å²) in [5.41, 5.74) is 25.5. The molecule has 0 fully saturated rings. The van der Waals surface area contributed by atoms with Gasteiger partial charge in [0.05, 0.1) is 33.9 Å². The molecule has 570 valence electrons. The van der Waals surface area contributed by atoms with Crippen LogP contribution in [0.1, 0.15) is 192 Å². The Morgan fingerprint density at radius 2 is 0.628 bits per heavy atom. The fourth-order valence-corrected chi connectivity index (χ4v) is 15.3. The fraction of sp³-hybridized carbons (Fsp3) is 0.237. The van der Waals surface area contributed by atoms with E-state index in [1.54, 1.807) is 6.92 Å². The van der Waals surface area contributed by atoms with Crippen LogP contribution in [0.4, 0.5) is 26.3 Å². The zero-order valence-corrected chi connectivity index (χ0v) is 66.9. The van der Waals surface area contributed by atoms with Gasteiger partial charge in [-0.3, -0.25) is 0 Å². The predicted molar refractivity (Wildman–Crippen MR) is 449 cm³/mol. The van der Waals surface area contributed by atoms with Crippen LogP contribution in [-0.4, -0.2) is 34.9 Å². The number of benzene rings is 10. The summed E-state index contributed by atoms with van der Waals surface area (Å²) >= 11 is 0. The molecule has 4 aliphatic heterocycles. The number of alkyl halides is 6. The average molecular weight is 1510 g/mol. The molecule has 16 heteroatoms. The molecule has 2 aromatic heterocycles. The van der Waals surface area contributed by atoms with E-state index in [2.05, 4.69) is 293 Å². The third kappa shape index (κ3) is 14.9. The Morgan fingerprint density at radius 3 is 1.00 bits per heavy atom. The van der Waals surface area contributed by atoms with Crippen LogP contribution in [0.2, 0.25) is 0 Å². The van der Waals surface area contributed by atoms with Crippen molar-refractivity contribution in [2.75, 3.05) is 0 Å². The lowest BCUT2D eigenvalue weighted by molar-refractivity contribution is -0.138. The minimum Gasteiger partial charge on any atom is -0.503 e. The molecule has 0 N–H and O–H groups in total. The average Bonchev–Trinajstić information content (AvgIpc) is 1.58. The standard InChI is InChI=1S/C49H46BF3N2O2.C48H44BF3N2O2/c1-29-14-16-34(17-15-29)44-39-13-11-10-12-38(39)43(54-44)31(3)45-40(32-18-22-35(23-19-32)47(4,5)6)28-41(33-20-24-36(25-21-33)48(7,8)9)55(45)50-56-42-27-37(49(51,52)53)26-30(2)46(42)57-50;1-29-13-15-33(16-14-29)44-38-12-10-9-11-37(38)43(53-44)30(2)45-39(31-17-21-34(22-18-31)46(3,4)5)28-40(32-19-23-35(24-20-32)47(6,7)8)54(45)49-55-41-26-25-36(48(50,51)52)27-42(41)56-49/h10-28H,1-9H3;9-28H,1-8H3/b43-31-;43-30-. The van der Waals surface area contributed by atoms with Crippen LogP contribution in [0.3, 0.4) is 0 Å². The molecular weight excluding hydrogens is 1420 g/mol.